The zero-order valence-electron chi connectivity index (χ0n) is 10.1. The number of nitrogens with one attached hydrogen (secondary N) is 1. The van der Waals surface area contributed by atoms with E-state index >= 15 is 0 Å². The number of methoxy groups -OCH3 is 1. The van der Waals surface area contributed by atoms with Crippen LogP contribution in [-0.4, -0.2) is 60.3 Å². The van der Waals surface area contributed by atoms with Crippen LogP contribution in [-0.2, 0) is 14.3 Å². The van der Waals surface area contributed by atoms with E-state index in [4.69, 9.17) is 15.6 Å². The highest BCUT2D eigenvalue weighted by Crippen LogP contribution is 2.20. The van der Waals surface area contributed by atoms with E-state index in [1.807, 2.05) is 0 Å². The second kappa shape index (κ2) is 6.20. The number of likely N-dealkylation sites (tertiary alicyclic amines) is 1. The fourth-order valence-electron chi connectivity index (χ4n) is 1.82. The number of nitrogens with zero attached hydrogens (tertiary/aromatic N) is 1. The number of ether oxygens (including phenoxy) is 1. The van der Waals surface area contributed by atoms with Gasteiger partial charge in [0.1, 0.15) is 6.04 Å². The summed E-state index contributed by atoms with van der Waals surface area (Å²) in [7, 11) is 1.47. The Hall–Kier alpha value is -1.83. The van der Waals surface area contributed by atoms with Crippen molar-refractivity contribution in [3.05, 3.63) is 0 Å². The van der Waals surface area contributed by atoms with Gasteiger partial charge in [0.2, 0.25) is 5.91 Å². The number of amides is 3. The Morgan fingerprint density at radius 2 is 2.17 bits per heavy atom. The molecule has 3 amide bonds. The van der Waals surface area contributed by atoms with Crippen molar-refractivity contribution in [1.29, 1.82) is 0 Å². The average molecular weight is 259 g/mol. The summed E-state index contributed by atoms with van der Waals surface area (Å²) in [5, 5.41) is 11.5. The van der Waals surface area contributed by atoms with Gasteiger partial charge in [0.15, 0.2) is 0 Å². The van der Waals surface area contributed by atoms with Crippen LogP contribution in [0, 0.1) is 0 Å². The van der Waals surface area contributed by atoms with Crippen LogP contribution >= 0.6 is 0 Å². The molecule has 4 N–H and O–H groups in total. The standard InChI is InChI=1S/C10H17N3O5/c1-18-6-4-7(9(15)16)13(5-6)10(17)12-3-2-8(11)14/h6-7H,2-5H2,1H3,(H2,11,14)(H,12,17)(H,15,16). The number of rotatable bonds is 5. The van der Waals surface area contributed by atoms with E-state index in [-0.39, 0.29) is 32.0 Å². The van der Waals surface area contributed by atoms with Crippen molar-refractivity contribution in [2.24, 2.45) is 5.73 Å². The second-order valence-electron chi connectivity index (χ2n) is 4.05. The third kappa shape index (κ3) is 3.59. The largest absolute Gasteiger partial charge is 0.480 e. The number of nitrogens with two attached hydrogens (primary N) is 1. The summed E-state index contributed by atoms with van der Waals surface area (Å²) in [4.78, 5) is 34.5. The average Bonchev–Trinajstić information content (AvgIpc) is 2.72. The van der Waals surface area contributed by atoms with Gasteiger partial charge in [-0.05, 0) is 0 Å². The number of hydrogen-bond acceptors (Lipinski definition) is 4. The fourth-order valence-corrected chi connectivity index (χ4v) is 1.82. The smallest absolute Gasteiger partial charge is 0.326 e. The summed E-state index contributed by atoms with van der Waals surface area (Å²) in [6, 6.07) is -1.42. The number of carboxylic acid groups (broad SMARTS) is 1. The van der Waals surface area contributed by atoms with Crippen LogP contribution in [0.1, 0.15) is 12.8 Å². The molecule has 2 atom stereocenters. The predicted octanol–water partition coefficient (Wildman–Crippen LogP) is -1.25. The lowest BCUT2D eigenvalue weighted by Gasteiger charge is -2.21. The van der Waals surface area contributed by atoms with Crippen LogP contribution < -0.4 is 11.1 Å². The Bertz CT molecular complexity index is 346. The van der Waals surface area contributed by atoms with Crippen LogP contribution in [0.15, 0.2) is 0 Å². The van der Waals surface area contributed by atoms with Crippen LogP contribution in [0.3, 0.4) is 0 Å². The molecule has 8 nitrogen and oxygen atoms in total. The van der Waals surface area contributed by atoms with Crippen molar-refractivity contribution >= 4 is 17.9 Å². The maximum Gasteiger partial charge on any atom is 0.326 e. The maximum atomic E-state index is 11.7. The van der Waals surface area contributed by atoms with E-state index < -0.39 is 23.9 Å². The molecular weight excluding hydrogens is 242 g/mol. The van der Waals surface area contributed by atoms with Crippen molar-refractivity contribution in [1.82, 2.24) is 10.2 Å². The molecule has 1 fully saturated rings. The molecule has 0 spiro atoms. The van der Waals surface area contributed by atoms with Gasteiger partial charge in [-0.15, -0.1) is 0 Å². The fraction of sp³-hybridized carbons (Fsp3) is 0.700. The van der Waals surface area contributed by atoms with Crippen molar-refractivity contribution in [2.45, 2.75) is 25.0 Å². The number of carbonyl (C=O) groups excluding carboxylic acids is 2. The lowest BCUT2D eigenvalue weighted by atomic mass is 10.2. The van der Waals surface area contributed by atoms with Gasteiger partial charge >= 0.3 is 12.0 Å². The van der Waals surface area contributed by atoms with Crippen molar-refractivity contribution in [3.63, 3.8) is 0 Å². The molecule has 1 aliphatic heterocycles. The quantitative estimate of drug-likeness (QED) is 0.569. The van der Waals surface area contributed by atoms with Gasteiger partial charge in [-0.2, -0.15) is 0 Å². The molecule has 1 aliphatic rings. The van der Waals surface area contributed by atoms with Gasteiger partial charge < -0.3 is 25.8 Å². The van der Waals surface area contributed by atoms with Gasteiger partial charge in [0, 0.05) is 33.0 Å². The van der Waals surface area contributed by atoms with Crippen molar-refractivity contribution in [2.75, 3.05) is 20.2 Å². The zero-order valence-corrected chi connectivity index (χ0v) is 10.1. The second-order valence-corrected chi connectivity index (χ2v) is 4.05. The summed E-state index contributed by atoms with van der Waals surface area (Å²) < 4.78 is 5.06. The Labute approximate surface area is 104 Å². The Morgan fingerprint density at radius 3 is 2.67 bits per heavy atom. The van der Waals surface area contributed by atoms with Gasteiger partial charge in [0.05, 0.1) is 6.10 Å². The van der Waals surface area contributed by atoms with E-state index in [9.17, 15) is 14.4 Å². The first-order chi connectivity index (χ1) is 8.45. The third-order valence-corrected chi connectivity index (χ3v) is 2.79. The minimum absolute atomic E-state index is 0.0189. The van der Waals surface area contributed by atoms with Gasteiger partial charge in [-0.1, -0.05) is 0 Å². The highest BCUT2D eigenvalue weighted by Gasteiger charge is 2.39. The monoisotopic (exact) mass is 259 g/mol. The number of aliphatic carboxylic acids is 1. The molecule has 2 unspecified atom stereocenters. The molecule has 0 aromatic rings. The maximum absolute atomic E-state index is 11.7. The van der Waals surface area contributed by atoms with Gasteiger partial charge in [0.25, 0.3) is 0 Å². The molecule has 18 heavy (non-hydrogen) atoms. The summed E-state index contributed by atoms with van der Waals surface area (Å²) in [5.74, 6) is -1.60. The van der Waals surface area contributed by atoms with Crippen LogP contribution in [0.2, 0.25) is 0 Å². The minimum atomic E-state index is -1.07. The first-order valence-corrected chi connectivity index (χ1v) is 5.54. The molecule has 1 rings (SSSR count). The van der Waals surface area contributed by atoms with Gasteiger partial charge in [-0.3, -0.25) is 4.79 Å². The van der Waals surface area contributed by atoms with Crippen LogP contribution in [0.5, 0.6) is 0 Å². The molecule has 0 aromatic carbocycles. The Kier molecular flexibility index (Phi) is 4.90. The summed E-state index contributed by atoms with van der Waals surface area (Å²) in [5.41, 5.74) is 4.93. The normalized spacial score (nSPS) is 22.8. The Morgan fingerprint density at radius 1 is 1.50 bits per heavy atom. The molecule has 0 aromatic heterocycles. The first-order valence-electron chi connectivity index (χ1n) is 5.54. The van der Waals surface area contributed by atoms with E-state index in [0.29, 0.717) is 0 Å². The number of carboxylic acids is 1. The molecule has 0 aliphatic carbocycles. The SMILES string of the molecule is COC1CC(C(=O)O)N(C(=O)NCCC(N)=O)C1. The Balaban J connectivity index is 2.54. The van der Waals surface area contributed by atoms with E-state index in [1.165, 1.54) is 12.0 Å². The molecule has 0 radical (unpaired) electrons. The lowest BCUT2D eigenvalue weighted by molar-refractivity contribution is -0.141. The number of urea groups is 1. The molecule has 1 heterocycles. The molecule has 0 bridgehead atoms. The summed E-state index contributed by atoms with van der Waals surface area (Å²) >= 11 is 0. The number of primary amides is 1. The molecule has 0 saturated carbocycles. The summed E-state index contributed by atoms with van der Waals surface area (Å²) in [6.45, 7) is 0.310. The van der Waals surface area contributed by atoms with E-state index in [2.05, 4.69) is 5.32 Å². The summed E-state index contributed by atoms with van der Waals surface area (Å²) in [6.07, 6.45) is -0.00639. The topological polar surface area (TPSA) is 122 Å². The molecule has 1 saturated heterocycles. The van der Waals surface area contributed by atoms with Crippen LogP contribution in [0.25, 0.3) is 0 Å². The van der Waals surface area contributed by atoms with E-state index in [0.717, 1.165) is 0 Å². The molecule has 102 valence electrons. The molecule has 8 heteroatoms. The lowest BCUT2D eigenvalue weighted by Crippen LogP contribution is -2.46. The first kappa shape index (κ1) is 14.2. The van der Waals surface area contributed by atoms with Crippen molar-refractivity contribution in [3.8, 4) is 0 Å². The third-order valence-electron chi connectivity index (χ3n) is 2.79. The van der Waals surface area contributed by atoms with E-state index in [1.54, 1.807) is 0 Å². The number of hydrogen-bond donors (Lipinski definition) is 3. The zero-order chi connectivity index (χ0) is 13.7. The molecular formula is C10H17N3O5. The minimum Gasteiger partial charge on any atom is -0.480 e. The van der Waals surface area contributed by atoms with Crippen molar-refractivity contribution < 1.29 is 24.2 Å². The number of carbonyl (C=O) groups is 3. The van der Waals surface area contributed by atoms with Gasteiger partial charge in [-0.25, -0.2) is 9.59 Å². The van der Waals surface area contributed by atoms with Crippen LogP contribution in [0.4, 0.5) is 4.79 Å². The predicted molar refractivity (Wildman–Crippen MR) is 60.8 cm³/mol. The highest BCUT2D eigenvalue weighted by atomic mass is 16.5. The highest BCUT2D eigenvalue weighted by molar-refractivity contribution is 5.83.